The molecular weight excluding hydrogens is 278 g/mol. The average molecular weight is 293 g/mol. The van der Waals surface area contributed by atoms with Gasteiger partial charge in [0.1, 0.15) is 0 Å². The fourth-order valence-electron chi connectivity index (χ4n) is 1.71. The molecule has 0 saturated carbocycles. The van der Waals surface area contributed by atoms with Crippen LogP contribution in [0.15, 0.2) is 47.5 Å². The Hall–Kier alpha value is -1.33. The first-order chi connectivity index (χ1) is 9.00. The van der Waals surface area contributed by atoms with Crippen LogP contribution >= 0.6 is 10.8 Å². The predicted molar refractivity (Wildman–Crippen MR) is 78.6 cm³/mol. The van der Waals surface area contributed by atoms with Gasteiger partial charge in [-0.1, -0.05) is 24.3 Å². The van der Waals surface area contributed by atoms with Crippen molar-refractivity contribution in [1.82, 2.24) is 4.98 Å². The highest BCUT2D eigenvalue weighted by molar-refractivity contribution is 8.71. The van der Waals surface area contributed by atoms with Crippen LogP contribution in [0.4, 0.5) is 0 Å². The lowest BCUT2D eigenvalue weighted by Gasteiger charge is -2.07. The first-order valence-corrected chi connectivity index (χ1v) is 8.85. The van der Waals surface area contributed by atoms with E-state index in [-0.39, 0.29) is 0 Å². The van der Waals surface area contributed by atoms with Crippen LogP contribution in [0.25, 0.3) is 0 Å². The van der Waals surface area contributed by atoms with Gasteiger partial charge in [0, 0.05) is 17.6 Å². The van der Waals surface area contributed by atoms with Crippen molar-refractivity contribution in [2.24, 2.45) is 0 Å². The molecule has 100 valence electrons. The third kappa shape index (κ3) is 3.36. The van der Waals surface area contributed by atoms with Crippen molar-refractivity contribution in [3.8, 4) is 0 Å². The molecule has 0 saturated heterocycles. The van der Waals surface area contributed by atoms with E-state index in [0.717, 1.165) is 27.6 Å². The van der Waals surface area contributed by atoms with Crippen LogP contribution in [0.1, 0.15) is 16.8 Å². The van der Waals surface area contributed by atoms with Crippen LogP contribution in [0, 0.1) is 13.8 Å². The quantitative estimate of drug-likeness (QED) is 0.811. The second-order valence-corrected chi connectivity index (χ2v) is 8.13. The highest BCUT2D eigenvalue weighted by atomic mass is 33.1. The van der Waals surface area contributed by atoms with Crippen molar-refractivity contribution in [1.29, 1.82) is 0 Å². The summed E-state index contributed by atoms with van der Waals surface area (Å²) in [4.78, 5) is 4.55. The van der Waals surface area contributed by atoms with E-state index < -0.39 is 8.87 Å². The molecule has 0 aliphatic carbocycles. The van der Waals surface area contributed by atoms with E-state index in [1.807, 2.05) is 38.1 Å². The maximum absolute atomic E-state index is 12.3. The van der Waals surface area contributed by atoms with Gasteiger partial charge in [0.15, 0.2) is 0 Å². The summed E-state index contributed by atoms with van der Waals surface area (Å²) in [6, 6.07) is 10.8. The van der Waals surface area contributed by atoms with Gasteiger partial charge in [-0.2, -0.15) is 0 Å². The van der Waals surface area contributed by atoms with Gasteiger partial charge in [0.25, 0.3) is 0 Å². The largest absolute Gasteiger partial charge is 0.261 e. The van der Waals surface area contributed by atoms with E-state index in [4.69, 9.17) is 0 Å². The normalized spacial score (nSPS) is 11.5. The van der Waals surface area contributed by atoms with Crippen molar-refractivity contribution >= 4 is 19.7 Å². The van der Waals surface area contributed by atoms with Gasteiger partial charge in [-0.3, -0.25) is 4.98 Å². The minimum atomic E-state index is -3.32. The van der Waals surface area contributed by atoms with Crippen molar-refractivity contribution in [3.05, 3.63) is 59.4 Å². The summed E-state index contributed by atoms with van der Waals surface area (Å²) in [5, 5.41) is 0. The molecule has 0 spiro atoms. The van der Waals surface area contributed by atoms with E-state index in [2.05, 4.69) is 4.98 Å². The molecule has 2 rings (SSSR count). The molecular formula is C14H15NO2S2. The van der Waals surface area contributed by atoms with Gasteiger partial charge < -0.3 is 0 Å². The summed E-state index contributed by atoms with van der Waals surface area (Å²) in [7, 11) is -2.37. The molecule has 0 atom stereocenters. The molecule has 1 aromatic carbocycles. The Morgan fingerprint density at radius 2 is 1.84 bits per heavy atom. The summed E-state index contributed by atoms with van der Waals surface area (Å²) in [5.74, 6) is 0.413. The molecule has 0 N–H and O–H groups in total. The Morgan fingerprint density at radius 3 is 2.53 bits per heavy atom. The molecule has 0 unspecified atom stereocenters. The van der Waals surface area contributed by atoms with Gasteiger partial charge in [0.05, 0.1) is 4.90 Å². The Labute approximate surface area is 117 Å². The molecule has 0 aliphatic rings. The molecule has 0 aliphatic heterocycles. The highest BCUT2D eigenvalue weighted by Gasteiger charge is 2.17. The number of pyridine rings is 1. The smallest absolute Gasteiger partial charge is 0.230 e. The summed E-state index contributed by atoms with van der Waals surface area (Å²) in [5.41, 5.74) is 2.59. The second-order valence-electron chi connectivity index (χ2n) is 4.23. The van der Waals surface area contributed by atoms with Crippen LogP contribution in [-0.4, -0.2) is 13.4 Å². The Morgan fingerprint density at radius 1 is 1.11 bits per heavy atom. The SMILES string of the molecule is Cc1ccccc1S(=O)(=O)SCc1cccnc1C. The zero-order valence-corrected chi connectivity index (χ0v) is 12.5. The lowest BCUT2D eigenvalue weighted by molar-refractivity contribution is 0.610. The Kier molecular flexibility index (Phi) is 4.27. The number of hydrogen-bond acceptors (Lipinski definition) is 4. The number of aromatic nitrogens is 1. The third-order valence-electron chi connectivity index (χ3n) is 2.85. The van der Waals surface area contributed by atoms with E-state index in [1.54, 1.807) is 18.3 Å². The van der Waals surface area contributed by atoms with Crippen LogP contribution in [0.5, 0.6) is 0 Å². The first-order valence-electron chi connectivity index (χ1n) is 5.86. The molecule has 0 amide bonds. The van der Waals surface area contributed by atoms with Crippen molar-refractivity contribution < 1.29 is 8.42 Å². The second kappa shape index (κ2) is 5.75. The van der Waals surface area contributed by atoms with Crippen molar-refractivity contribution in [2.75, 3.05) is 0 Å². The summed E-state index contributed by atoms with van der Waals surface area (Å²) in [6.45, 7) is 3.69. The number of aryl methyl sites for hydroxylation is 2. The Bertz CT molecular complexity index is 681. The van der Waals surface area contributed by atoms with Crippen molar-refractivity contribution in [3.63, 3.8) is 0 Å². The molecule has 0 bridgehead atoms. The predicted octanol–water partition coefficient (Wildman–Crippen LogP) is 3.32. The lowest BCUT2D eigenvalue weighted by Crippen LogP contribution is -1.99. The van der Waals surface area contributed by atoms with Crippen LogP contribution < -0.4 is 0 Å². The van der Waals surface area contributed by atoms with Gasteiger partial charge in [-0.15, -0.1) is 0 Å². The van der Waals surface area contributed by atoms with Gasteiger partial charge in [-0.25, -0.2) is 8.42 Å². The van der Waals surface area contributed by atoms with E-state index in [1.165, 1.54) is 0 Å². The van der Waals surface area contributed by atoms with Gasteiger partial charge >= 0.3 is 0 Å². The zero-order valence-electron chi connectivity index (χ0n) is 10.8. The number of nitrogens with zero attached hydrogens (tertiary/aromatic N) is 1. The molecule has 0 radical (unpaired) electrons. The van der Waals surface area contributed by atoms with Crippen molar-refractivity contribution in [2.45, 2.75) is 24.5 Å². The summed E-state index contributed by atoms with van der Waals surface area (Å²) < 4.78 is 24.6. The fraction of sp³-hybridized carbons (Fsp3) is 0.214. The van der Waals surface area contributed by atoms with Gasteiger partial charge in [0.2, 0.25) is 8.87 Å². The number of hydrogen-bond donors (Lipinski definition) is 0. The van der Waals surface area contributed by atoms with Crippen LogP contribution in [0.2, 0.25) is 0 Å². The maximum atomic E-state index is 12.3. The maximum Gasteiger partial charge on any atom is 0.230 e. The lowest BCUT2D eigenvalue weighted by atomic mass is 10.2. The van der Waals surface area contributed by atoms with Crippen LogP contribution in [0.3, 0.4) is 0 Å². The zero-order chi connectivity index (χ0) is 13.9. The van der Waals surface area contributed by atoms with Gasteiger partial charge in [-0.05, 0) is 47.9 Å². The molecule has 2 aromatic rings. The molecule has 5 heteroatoms. The van der Waals surface area contributed by atoms with E-state index in [0.29, 0.717) is 10.6 Å². The molecule has 0 fully saturated rings. The molecule has 1 heterocycles. The summed E-state index contributed by atoms with van der Waals surface area (Å²) >= 11 is 0. The molecule has 19 heavy (non-hydrogen) atoms. The summed E-state index contributed by atoms with van der Waals surface area (Å²) in [6.07, 6.45) is 1.71. The topological polar surface area (TPSA) is 47.0 Å². The third-order valence-corrected chi connectivity index (χ3v) is 6.41. The molecule has 3 nitrogen and oxygen atoms in total. The highest BCUT2D eigenvalue weighted by Crippen LogP contribution is 2.29. The monoisotopic (exact) mass is 293 g/mol. The Balaban J connectivity index is 2.20. The minimum absolute atomic E-state index is 0.390. The number of benzene rings is 1. The van der Waals surface area contributed by atoms with Crippen LogP contribution in [-0.2, 0) is 14.6 Å². The fourth-order valence-corrected chi connectivity index (χ4v) is 4.92. The van der Waals surface area contributed by atoms with E-state index >= 15 is 0 Å². The van der Waals surface area contributed by atoms with E-state index in [9.17, 15) is 8.42 Å². The standard InChI is InChI=1S/C14H15NO2S2/c1-11-6-3-4-8-14(11)19(16,17)18-10-13-7-5-9-15-12(13)2/h3-9H,10H2,1-2H3. The molecule has 1 aromatic heterocycles. The average Bonchev–Trinajstić information content (AvgIpc) is 2.38. The number of rotatable bonds is 4. The first kappa shape index (κ1) is 14.1. The minimum Gasteiger partial charge on any atom is -0.261 e.